The van der Waals surface area contributed by atoms with Crippen LogP contribution in [0.5, 0.6) is 0 Å². The highest BCUT2D eigenvalue weighted by molar-refractivity contribution is 9.11. The molecular formula is C14H20Br2N2O2S. The first kappa shape index (κ1) is 17.2. The monoisotopic (exact) mass is 438 g/mol. The van der Waals surface area contributed by atoms with Crippen LogP contribution in [-0.2, 0) is 10.0 Å². The van der Waals surface area contributed by atoms with Crippen LogP contribution in [0.15, 0.2) is 26.0 Å². The average Bonchev–Trinajstić information content (AvgIpc) is 2.31. The van der Waals surface area contributed by atoms with E-state index in [-0.39, 0.29) is 10.9 Å². The summed E-state index contributed by atoms with van der Waals surface area (Å²) in [6.45, 7) is 6.73. The molecular weight excluding hydrogens is 420 g/mol. The second-order valence-corrected chi connectivity index (χ2v) is 9.48. The third-order valence-electron chi connectivity index (χ3n) is 4.13. The second kappa shape index (κ2) is 6.18. The van der Waals surface area contributed by atoms with Crippen LogP contribution in [0, 0.1) is 11.8 Å². The lowest BCUT2D eigenvalue weighted by atomic mass is 9.88. The minimum Gasteiger partial charge on any atom is -0.399 e. The molecule has 0 aliphatic carbocycles. The van der Waals surface area contributed by atoms with Crippen molar-refractivity contribution in [1.29, 1.82) is 0 Å². The van der Waals surface area contributed by atoms with Crippen molar-refractivity contribution in [2.45, 2.75) is 38.1 Å². The number of benzene rings is 1. The molecule has 1 saturated heterocycles. The molecule has 1 aromatic rings. The molecule has 21 heavy (non-hydrogen) atoms. The maximum Gasteiger partial charge on any atom is 0.245 e. The summed E-state index contributed by atoms with van der Waals surface area (Å²) in [6.07, 6.45) is 1.05. The molecule has 1 aliphatic rings. The van der Waals surface area contributed by atoms with Crippen molar-refractivity contribution in [3.05, 3.63) is 21.1 Å². The van der Waals surface area contributed by atoms with Gasteiger partial charge in [-0.15, -0.1) is 0 Å². The van der Waals surface area contributed by atoms with Crippen LogP contribution >= 0.6 is 31.9 Å². The Labute approximate surface area is 143 Å². The number of halogens is 2. The number of hydrogen-bond donors (Lipinski definition) is 1. The third-order valence-corrected chi connectivity index (χ3v) is 7.96. The summed E-state index contributed by atoms with van der Waals surface area (Å²) in [5.74, 6) is 0.701. The minimum absolute atomic E-state index is 0.0115. The largest absolute Gasteiger partial charge is 0.399 e. The van der Waals surface area contributed by atoms with Crippen molar-refractivity contribution in [2.24, 2.45) is 11.8 Å². The van der Waals surface area contributed by atoms with Gasteiger partial charge in [0.25, 0.3) is 0 Å². The molecule has 2 N–H and O–H groups in total. The van der Waals surface area contributed by atoms with Crippen molar-refractivity contribution in [1.82, 2.24) is 4.31 Å². The molecule has 118 valence electrons. The van der Waals surface area contributed by atoms with Crippen molar-refractivity contribution in [3.8, 4) is 0 Å². The van der Waals surface area contributed by atoms with Gasteiger partial charge in [-0.3, -0.25) is 0 Å². The Morgan fingerprint density at radius 2 is 1.71 bits per heavy atom. The second-order valence-electron chi connectivity index (χ2n) is 5.95. The summed E-state index contributed by atoms with van der Waals surface area (Å²) in [5.41, 5.74) is 6.27. The highest BCUT2D eigenvalue weighted by atomic mass is 79.9. The first-order chi connectivity index (χ1) is 9.64. The van der Waals surface area contributed by atoms with E-state index < -0.39 is 10.0 Å². The number of nitrogen functional groups attached to an aromatic ring is 1. The van der Waals surface area contributed by atoms with Gasteiger partial charge in [-0.25, -0.2) is 8.42 Å². The number of nitrogens with zero attached hydrogens (tertiary/aromatic N) is 1. The van der Waals surface area contributed by atoms with Gasteiger partial charge in [-0.1, -0.05) is 13.8 Å². The Kier molecular flexibility index (Phi) is 5.08. The number of piperidine rings is 1. The molecule has 1 aromatic carbocycles. The minimum atomic E-state index is -3.57. The summed E-state index contributed by atoms with van der Waals surface area (Å²) in [5, 5.41) is 0. The fourth-order valence-electron chi connectivity index (χ4n) is 2.92. The standard InChI is InChI=1S/C14H20Br2N2O2S/c1-8-4-9(2)10(3)18(7-8)21(19,20)14-12(15)5-11(17)6-13(14)16/h5-6,8-10H,4,7,17H2,1-3H3. The quantitative estimate of drug-likeness (QED) is 0.711. The highest BCUT2D eigenvalue weighted by Gasteiger charge is 2.38. The molecule has 4 nitrogen and oxygen atoms in total. The molecule has 0 amide bonds. The smallest absolute Gasteiger partial charge is 0.245 e. The Bertz CT molecular complexity index is 625. The SMILES string of the molecule is CC1CC(C)C(C)N(S(=O)(=O)c2c(Br)cc(N)cc2Br)C1. The van der Waals surface area contributed by atoms with E-state index in [9.17, 15) is 8.42 Å². The van der Waals surface area contributed by atoms with E-state index in [1.165, 1.54) is 0 Å². The highest BCUT2D eigenvalue weighted by Crippen LogP contribution is 2.38. The van der Waals surface area contributed by atoms with E-state index in [0.29, 0.717) is 33.0 Å². The maximum absolute atomic E-state index is 13.1. The molecule has 0 bridgehead atoms. The van der Waals surface area contributed by atoms with Crippen LogP contribution < -0.4 is 5.73 Å². The number of sulfonamides is 1. The number of nitrogens with two attached hydrogens (primary N) is 1. The van der Waals surface area contributed by atoms with Crippen LogP contribution in [-0.4, -0.2) is 25.3 Å². The van der Waals surface area contributed by atoms with E-state index >= 15 is 0 Å². The Morgan fingerprint density at radius 3 is 2.24 bits per heavy atom. The van der Waals surface area contributed by atoms with Crippen LogP contribution in [0.4, 0.5) is 5.69 Å². The van der Waals surface area contributed by atoms with Crippen molar-refractivity contribution < 1.29 is 8.42 Å². The Hall–Kier alpha value is -0.110. The first-order valence-electron chi connectivity index (χ1n) is 6.91. The van der Waals surface area contributed by atoms with Gasteiger partial charge in [-0.2, -0.15) is 4.31 Å². The van der Waals surface area contributed by atoms with Gasteiger partial charge in [0.15, 0.2) is 0 Å². The number of hydrogen-bond acceptors (Lipinski definition) is 3. The predicted molar refractivity (Wildman–Crippen MR) is 92.6 cm³/mol. The van der Waals surface area contributed by atoms with Crippen LogP contribution in [0.3, 0.4) is 0 Å². The molecule has 1 fully saturated rings. The Morgan fingerprint density at radius 1 is 1.19 bits per heavy atom. The van der Waals surface area contributed by atoms with Crippen molar-refractivity contribution >= 4 is 47.6 Å². The summed E-state index contributed by atoms with van der Waals surface area (Å²) >= 11 is 6.67. The molecule has 1 aliphatic heterocycles. The van der Waals surface area contributed by atoms with Gasteiger partial charge >= 0.3 is 0 Å². The lowest BCUT2D eigenvalue weighted by Gasteiger charge is -2.40. The molecule has 3 atom stereocenters. The lowest BCUT2D eigenvalue weighted by molar-refractivity contribution is 0.157. The summed E-state index contributed by atoms with van der Waals surface area (Å²) in [6, 6.07) is 3.24. The summed E-state index contributed by atoms with van der Waals surface area (Å²) in [7, 11) is -3.57. The van der Waals surface area contributed by atoms with Gasteiger partial charge in [0.2, 0.25) is 10.0 Å². The topological polar surface area (TPSA) is 63.4 Å². The summed E-state index contributed by atoms with van der Waals surface area (Å²) < 4.78 is 28.7. The van der Waals surface area contributed by atoms with Crippen LogP contribution in [0.1, 0.15) is 27.2 Å². The molecule has 0 saturated carbocycles. The zero-order chi connectivity index (χ0) is 15.9. The summed E-state index contributed by atoms with van der Waals surface area (Å²) in [4.78, 5) is 0.254. The van der Waals surface area contributed by atoms with Crippen molar-refractivity contribution in [2.75, 3.05) is 12.3 Å². The molecule has 1 heterocycles. The van der Waals surface area contributed by atoms with Crippen LogP contribution in [0.25, 0.3) is 0 Å². The molecule has 7 heteroatoms. The number of rotatable bonds is 2. The van der Waals surface area contributed by atoms with E-state index in [4.69, 9.17) is 5.73 Å². The van der Waals surface area contributed by atoms with Gasteiger partial charge < -0.3 is 5.73 Å². The Balaban J connectivity index is 2.52. The fraction of sp³-hybridized carbons (Fsp3) is 0.571. The van der Waals surface area contributed by atoms with Gasteiger partial charge in [0.05, 0.1) is 0 Å². The molecule has 2 rings (SSSR count). The predicted octanol–water partition coefficient (Wildman–Crippen LogP) is 3.85. The lowest BCUT2D eigenvalue weighted by Crippen LogP contribution is -2.48. The molecule has 3 unspecified atom stereocenters. The first-order valence-corrected chi connectivity index (χ1v) is 9.93. The molecule has 0 spiro atoms. The van der Waals surface area contributed by atoms with Gasteiger partial charge in [-0.05, 0) is 69.2 Å². The zero-order valence-corrected chi connectivity index (χ0v) is 16.3. The maximum atomic E-state index is 13.1. The van der Waals surface area contributed by atoms with E-state index in [1.54, 1.807) is 16.4 Å². The van der Waals surface area contributed by atoms with Gasteiger partial charge in [0.1, 0.15) is 4.90 Å². The zero-order valence-electron chi connectivity index (χ0n) is 12.3. The molecule has 0 radical (unpaired) electrons. The van der Waals surface area contributed by atoms with Crippen molar-refractivity contribution in [3.63, 3.8) is 0 Å². The van der Waals surface area contributed by atoms with E-state index in [1.807, 2.05) is 6.92 Å². The fourth-order valence-corrected chi connectivity index (χ4v) is 7.31. The average molecular weight is 440 g/mol. The number of anilines is 1. The van der Waals surface area contributed by atoms with Crippen LogP contribution in [0.2, 0.25) is 0 Å². The van der Waals surface area contributed by atoms with E-state index in [0.717, 1.165) is 6.42 Å². The molecule has 0 aromatic heterocycles. The third kappa shape index (κ3) is 3.30. The normalized spacial score (nSPS) is 27.8. The van der Waals surface area contributed by atoms with E-state index in [2.05, 4.69) is 45.7 Å². The van der Waals surface area contributed by atoms with Gasteiger partial charge in [0, 0.05) is 27.2 Å².